The van der Waals surface area contributed by atoms with Crippen LogP contribution in [0.4, 0.5) is 0 Å². The van der Waals surface area contributed by atoms with Crippen LogP contribution in [-0.4, -0.2) is 72.4 Å². The van der Waals surface area contributed by atoms with Crippen LogP contribution in [0, 0.1) is 0 Å². The van der Waals surface area contributed by atoms with E-state index in [2.05, 4.69) is 52.0 Å². The van der Waals surface area contributed by atoms with Gasteiger partial charge >= 0.3 is 0 Å². The van der Waals surface area contributed by atoms with E-state index in [1.165, 1.54) is 62.3 Å². The highest BCUT2D eigenvalue weighted by molar-refractivity contribution is 5.87. The van der Waals surface area contributed by atoms with Crippen molar-refractivity contribution in [2.75, 3.05) is 46.8 Å². The van der Waals surface area contributed by atoms with E-state index < -0.39 is 0 Å². The first-order chi connectivity index (χ1) is 15.6. The maximum Gasteiger partial charge on any atom is 0.0791 e. The first-order valence-electron chi connectivity index (χ1n) is 13.0. The number of hydrogen-bond acceptors (Lipinski definition) is 4. The molecule has 2 atom stereocenters. The van der Waals surface area contributed by atoms with E-state index in [9.17, 15) is 5.11 Å². The Morgan fingerprint density at radius 1 is 1.09 bits per heavy atom. The summed E-state index contributed by atoms with van der Waals surface area (Å²) < 4.78 is 2.62. The number of rotatable bonds is 8. The summed E-state index contributed by atoms with van der Waals surface area (Å²) in [5.74, 6) is 0.767. The first kappa shape index (κ1) is 22.4. The molecular formula is C27H42N4O. The summed E-state index contributed by atoms with van der Waals surface area (Å²) in [6, 6.07) is 7.88. The van der Waals surface area contributed by atoms with Gasteiger partial charge in [0, 0.05) is 55.9 Å². The standard InChI is InChI=1S/C27H42N4O/c1-29(2)14-13-28-18-22(32)19-30-15-16-31-25-12-11-21(20-7-4-3-5-8-20)17-24(25)23-9-6-10-26(30)27(23)31/h11-12,17,20,22,26,28,32H,3-10,13-16,18-19H2,1-2H3. The van der Waals surface area contributed by atoms with Gasteiger partial charge < -0.3 is 19.9 Å². The Hall–Kier alpha value is -1.40. The van der Waals surface area contributed by atoms with Gasteiger partial charge in [-0.1, -0.05) is 25.3 Å². The van der Waals surface area contributed by atoms with Crippen molar-refractivity contribution >= 4 is 10.9 Å². The van der Waals surface area contributed by atoms with Crippen molar-refractivity contribution in [1.82, 2.24) is 19.7 Å². The molecule has 0 bridgehead atoms. The molecule has 176 valence electrons. The van der Waals surface area contributed by atoms with Crippen molar-refractivity contribution in [2.45, 2.75) is 76.0 Å². The van der Waals surface area contributed by atoms with Crippen molar-refractivity contribution in [1.29, 1.82) is 0 Å². The van der Waals surface area contributed by atoms with E-state index in [1.54, 1.807) is 16.8 Å². The summed E-state index contributed by atoms with van der Waals surface area (Å²) >= 11 is 0. The maximum absolute atomic E-state index is 10.7. The molecular weight excluding hydrogens is 396 g/mol. The number of aliphatic hydroxyl groups excluding tert-OH is 1. The molecule has 2 aliphatic carbocycles. The molecule has 5 rings (SSSR count). The van der Waals surface area contributed by atoms with Crippen molar-refractivity contribution in [3.8, 4) is 0 Å². The lowest BCUT2D eigenvalue weighted by atomic mass is 9.83. The van der Waals surface area contributed by atoms with Crippen LogP contribution in [0.3, 0.4) is 0 Å². The van der Waals surface area contributed by atoms with Crippen LogP contribution in [0.2, 0.25) is 0 Å². The van der Waals surface area contributed by atoms with Crippen molar-refractivity contribution in [3.63, 3.8) is 0 Å². The van der Waals surface area contributed by atoms with Crippen molar-refractivity contribution in [2.24, 2.45) is 0 Å². The van der Waals surface area contributed by atoms with Gasteiger partial charge in [-0.3, -0.25) is 4.90 Å². The number of benzene rings is 1. The molecule has 3 aliphatic rings. The van der Waals surface area contributed by atoms with Crippen LogP contribution in [0.5, 0.6) is 0 Å². The Labute approximate surface area is 193 Å². The summed E-state index contributed by atoms with van der Waals surface area (Å²) in [7, 11) is 4.17. The monoisotopic (exact) mass is 438 g/mol. The second-order valence-corrected chi connectivity index (χ2v) is 10.7. The fourth-order valence-electron chi connectivity index (χ4n) is 6.51. The summed E-state index contributed by atoms with van der Waals surface area (Å²) in [6.45, 7) is 5.47. The highest BCUT2D eigenvalue weighted by atomic mass is 16.3. The molecule has 1 saturated carbocycles. The number of likely N-dealkylation sites (N-methyl/N-ethyl adjacent to an activating group) is 1. The van der Waals surface area contributed by atoms with Crippen LogP contribution in [0.15, 0.2) is 18.2 Å². The first-order valence-corrected chi connectivity index (χ1v) is 13.0. The van der Waals surface area contributed by atoms with Gasteiger partial charge in [0.2, 0.25) is 0 Å². The molecule has 1 aromatic heterocycles. The quantitative estimate of drug-likeness (QED) is 0.614. The molecule has 5 nitrogen and oxygen atoms in total. The second kappa shape index (κ2) is 9.84. The summed E-state index contributed by atoms with van der Waals surface area (Å²) in [6.07, 6.45) is 10.3. The fourth-order valence-corrected chi connectivity index (χ4v) is 6.51. The normalized spacial score (nSPS) is 23.1. The molecule has 0 radical (unpaired) electrons. The third kappa shape index (κ3) is 4.50. The van der Waals surface area contributed by atoms with Gasteiger partial charge in [-0.15, -0.1) is 0 Å². The highest BCUT2D eigenvalue weighted by Crippen LogP contribution is 2.44. The maximum atomic E-state index is 10.7. The summed E-state index contributed by atoms with van der Waals surface area (Å²) in [4.78, 5) is 4.74. The zero-order chi connectivity index (χ0) is 22.1. The lowest BCUT2D eigenvalue weighted by Gasteiger charge is -2.40. The molecule has 5 heteroatoms. The minimum absolute atomic E-state index is 0.309. The average molecular weight is 439 g/mol. The number of aryl methyl sites for hydroxylation is 1. The molecule has 2 aromatic rings. The number of aromatic nitrogens is 1. The number of β-amino-alcohol motifs (C(OH)–C–C–N with tert-alkyl or cyclic N) is 1. The number of nitrogens with one attached hydrogen (secondary N) is 1. The lowest BCUT2D eigenvalue weighted by Crippen LogP contribution is -2.46. The average Bonchev–Trinajstić information content (AvgIpc) is 3.13. The Morgan fingerprint density at radius 3 is 2.75 bits per heavy atom. The minimum Gasteiger partial charge on any atom is -0.390 e. The SMILES string of the molecule is CN(C)CCNCC(O)CN1CCn2c3c(c4cc(C5CCCCC5)ccc42)CCCC31. The van der Waals surface area contributed by atoms with Crippen LogP contribution in [-0.2, 0) is 13.0 Å². The molecule has 2 N–H and O–H groups in total. The van der Waals surface area contributed by atoms with Gasteiger partial charge in [-0.05, 0) is 75.4 Å². The smallest absolute Gasteiger partial charge is 0.0791 e. The molecule has 2 heterocycles. The molecule has 32 heavy (non-hydrogen) atoms. The third-order valence-electron chi connectivity index (χ3n) is 8.15. The van der Waals surface area contributed by atoms with Gasteiger partial charge in [-0.2, -0.15) is 0 Å². The van der Waals surface area contributed by atoms with Gasteiger partial charge in [0.05, 0.1) is 12.1 Å². The van der Waals surface area contributed by atoms with Crippen LogP contribution in [0.25, 0.3) is 10.9 Å². The third-order valence-corrected chi connectivity index (χ3v) is 8.15. The van der Waals surface area contributed by atoms with Crippen LogP contribution in [0.1, 0.15) is 73.7 Å². The minimum atomic E-state index is -0.309. The van der Waals surface area contributed by atoms with Crippen molar-refractivity contribution in [3.05, 3.63) is 35.0 Å². The van der Waals surface area contributed by atoms with Crippen LogP contribution < -0.4 is 5.32 Å². The van der Waals surface area contributed by atoms with E-state index in [0.29, 0.717) is 12.6 Å². The van der Waals surface area contributed by atoms with E-state index in [4.69, 9.17) is 0 Å². The van der Waals surface area contributed by atoms with Gasteiger partial charge in [0.1, 0.15) is 0 Å². The lowest BCUT2D eigenvalue weighted by molar-refractivity contribution is 0.0640. The number of aliphatic hydroxyl groups is 1. The topological polar surface area (TPSA) is 43.7 Å². The fraction of sp³-hybridized carbons (Fsp3) is 0.704. The molecule has 0 spiro atoms. The van der Waals surface area contributed by atoms with Gasteiger partial charge in [0.25, 0.3) is 0 Å². The second-order valence-electron chi connectivity index (χ2n) is 10.7. The molecule has 1 aromatic carbocycles. The summed E-state index contributed by atoms with van der Waals surface area (Å²) in [5, 5.41) is 15.7. The molecule has 2 unspecified atom stereocenters. The Balaban J connectivity index is 1.34. The van der Waals surface area contributed by atoms with E-state index in [0.717, 1.165) is 38.6 Å². The number of fused-ring (bicyclic) bond motifs is 3. The Bertz CT molecular complexity index is 914. The van der Waals surface area contributed by atoms with E-state index in [-0.39, 0.29) is 6.10 Å². The van der Waals surface area contributed by atoms with Crippen LogP contribution >= 0.6 is 0 Å². The summed E-state index contributed by atoms with van der Waals surface area (Å²) in [5.41, 5.74) is 6.20. The van der Waals surface area contributed by atoms with E-state index in [1.807, 2.05) is 0 Å². The zero-order valence-corrected chi connectivity index (χ0v) is 20.2. The Morgan fingerprint density at radius 2 is 1.94 bits per heavy atom. The zero-order valence-electron chi connectivity index (χ0n) is 20.2. The molecule has 0 amide bonds. The molecule has 1 aliphatic heterocycles. The van der Waals surface area contributed by atoms with Gasteiger partial charge in [-0.25, -0.2) is 0 Å². The Kier molecular flexibility index (Phi) is 6.89. The van der Waals surface area contributed by atoms with Gasteiger partial charge in [0.15, 0.2) is 0 Å². The molecule has 0 saturated heterocycles. The predicted octanol–water partition coefficient (Wildman–Crippen LogP) is 3.89. The van der Waals surface area contributed by atoms with E-state index >= 15 is 0 Å². The molecule has 1 fully saturated rings. The number of nitrogens with zero attached hydrogens (tertiary/aromatic N) is 3. The number of hydrogen-bond donors (Lipinski definition) is 2. The predicted molar refractivity (Wildman–Crippen MR) is 132 cm³/mol. The highest BCUT2D eigenvalue weighted by Gasteiger charge is 2.35. The van der Waals surface area contributed by atoms with Crippen molar-refractivity contribution < 1.29 is 5.11 Å². The largest absolute Gasteiger partial charge is 0.390 e.